The maximum Gasteiger partial charge on any atom is -0.0105 e. The van der Waals surface area contributed by atoms with E-state index in [2.05, 4.69) is 98.8 Å². The smallest absolute Gasteiger partial charge is 0.0105 e. The molecule has 0 amide bonds. The third kappa shape index (κ3) is 4.20. The van der Waals surface area contributed by atoms with E-state index >= 15 is 0 Å². The summed E-state index contributed by atoms with van der Waals surface area (Å²) in [7, 11) is 0. The molecule has 0 saturated heterocycles. The Hall–Kier alpha value is -2.60. The van der Waals surface area contributed by atoms with Crippen molar-refractivity contribution in [1.29, 1.82) is 0 Å². The van der Waals surface area contributed by atoms with E-state index in [0.717, 1.165) is 0 Å². The molecule has 3 aromatic carbocycles. The van der Waals surface area contributed by atoms with E-state index in [4.69, 9.17) is 0 Å². The van der Waals surface area contributed by atoms with Crippen LogP contribution in [0, 0.1) is 13.8 Å². The third-order valence-corrected chi connectivity index (χ3v) is 3.84. The van der Waals surface area contributed by atoms with E-state index < -0.39 is 0 Å². The normalized spacial score (nSPS) is 11.0. The van der Waals surface area contributed by atoms with Gasteiger partial charge in [-0.25, -0.2) is 0 Å². The van der Waals surface area contributed by atoms with Crippen LogP contribution >= 0.6 is 0 Å². The Bertz CT molecular complexity index is 761. The van der Waals surface area contributed by atoms with E-state index in [1.807, 2.05) is 0 Å². The molecule has 0 unspecified atom stereocenters. The second-order valence-electron chi connectivity index (χ2n) is 5.70. The molecule has 0 N–H and O–H groups in total. The molecule has 0 aromatic heterocycles. The van der Waals surface area contributed by atoms with Gasteiger partial charge in [-0.2, -0.15) is 0 Å². The zero-order valence-corrected chi connectivity index (χ0v) is 13.1. The predicted molar refractivity (Wildman–Crippen MR) is 103 cm³/mol. The Morgan fingerprint density at radius 3 is 1.65 bits per heavy atom. The Kier molecular flexibility index (Phi) is 5.54. The quantitative estimate of drug-likeness (QED) is 0.482. The van der Waals surface area contributed by atoms with Crippen LogP contribution in [0.15, 0.2) is 78.9 Å². The largest absolute Gasteiger partial charge is 0.0776 e. The number of hydrogen-bond donors (Lipinski definition) is 0. The fourth-order valence-electron chi connectivity index (χ4n) is 2.51. The third-order valence-electron chi connectivity index (χ3n) is 3.84. The van der Waals surface area contributed by atoms with Gasteiger partial charge in [-0.15, -0.1) is 0 Å². The van der Waals surface area contributed by atoms with E-state index in [-0.39, 0.29) is 7.43 Å². The van der Waals surface area contributed by atoms with Gasteiger partial charge in [0.25, 0.3) is 0 Å². The molecular formula is C23H24. The van der Waals surface area contributed by atoms with E-state index in [1.165, 1.54) is 33.4 Å². The summed E-state index contributed by atoms with van der Waals surface area (Å²) in [4.78, 5) is 0. The monoisotopic (exact) mass is 300 g/mol. The van der Waals surface area contributed by atoms with Crippen LogP contribution < -0.4 is 0 Å². The molecule has 0 saturated carbocycles. The number of benzene rings is 3. The lowest BCUT2D eigenvalue weighted by molar-refractivity contribution is 1.44. The molecular weight excluding hydrogens is 276 g/mol. The van der Waals surface area contributed by atoms with Crippen molar-refractivity contribution < 1.29 is 0 Å². The molecule has 0 bridgehead atoms. The van der Waals surface area contributed by atoms with E-state index in [0.29, 0.717) is 0 Å². The molecule has 23 heavy (non-hydrogen) atoms. The summed E-state index contributed by atoms with van der Waals surface area (Å²) in [6.45, 7) is 4.24. The van der Waals surface area contributed by atoms with Gasteiger partial charge in [0.1, 0.15) is 0 Å². The van der Waals surface area contributed by atoms with Gasteiger partial charge in [0.2, 0.25) is 0 Å². The first kappa shape index (κ1) is 16.8. The lowest BCUT2D eigenvalue weighted by Crippen LogP contribution is -1.88. The Morgan fingerprint density at radius 2 is 1.09 bits per heavy atom. The van der Waals surface area contributed by atoms with Crippen molar-refractivity contribution in [2.24, 2.45) is 0 Å². The molecule has 0 radical (unpaired) electrons. The Morgan fingerprint density at radius 1 is 0.609 bits per heavy atom. The van der Waals surface area contributed by atoms with Crippen molar-refractivity contribution in [2.75, 3.05) is 0 Å². The van der Waals surface area contributed by atoms with Crippen molar-refractivity contribution in [3.63, 3.8) is 0 Å². The Balaban J connectivity index is 0.00000192. The van der Waals surface area contributed by atoms with Crippen molar-refractivity contribution in [1.82, 2.24) is 0 Å². The average molecular weight is 300 g/mol. The summed E-state index contributed by atoms with van der Waals surface area (Å²) in [5.74, 6) is 0. The first-order valence-corrected chi connectivity index (χ1v) is 7.63. The van der Waals surface area contributed by atoms with E-state index in [1.54, 1.807) is 0 Å². The minimum Gasteiger partial charge on any atom is -0.0776 e. The fraction of sp³-hybridized carbons (Fsp3) is 0.130. The second-order valence-corrected chi connectivity index (χ2v) is 5.70. The van der Waals surface area contributed by atoms with Crippen LogP contribution in [0.1, 0.15) is 35.2 Å². The molecule has 0 heterocycles. The number of rotatable bonds is 3. The number of aryl methyl sites for hydroxylation is 2. The van der Waals surface area contributed by atoms with Gasteiger partial charge in [0.05, 0.1) is 0 Å². The maximum absolute atomic E-state index is 2.26. The molecule has 0 spiro atoms. The Labute approximate surface area is 140 Å². The van der Waals surface area contributed by atoms with Gasteiger partial charge < -0.3 is 0 Å². The molecule has 0 aliphatic heterocycles. The van der Waals surface area contributed by atoms with Crippen LogP contribution in [0.4, 0.5) is 0 Å². The SMILES string of the molecule is C.Cc1ccc(/C=C(\c2ccccc2)c2ccc(C)cc2)cc1. The summed E-state index contributed by atoms with van der Waals surface area (Å²) >= 11 is 0. The van der Waals surface area contributed by atoms with Crippen LogP contribution in [0.25, 0.3) is 11.6 Å². The molecule has 0 nitrogen and oxygen atoms in total. The van der Waals surface area contributed by atoms with Gasteiger partial charge in [0.15, 0.2) is 0 Å². The second kappa shape index (κ2) is 7.60. The highest BCUT2D eigenvalue weighted by atomic mass is 14.1. The molecule has 0 atom stereocenters. The van der Waals surface area contributed by atoms with Crippen LogP contribution in [0.3, 0.4) is 0 Å². The summed E-state index contributed by atoms with van der Waals surface area (Å²) in [5.41, 5.74) is 7.54. The van der Waals surface area contributed by atoms with E-state index in [9.17, 15) is 0 Å². The first-order chi connectivity index (χ1) is 10.7. The highest BCUT2D eigenvalue weighted by molar-refractivity contribution is 5.91. The lowest BCUT2D eigenvalue weighted by atomic mass is 9.95. The van der Waals surface area contributed by atoms with Gasteiger partial charge >= 0.3 is 0 Å². The van der Waals surface area contributed by atoms with Crippen LogP contribution in [0.2, 0.25) is 0 Å². The van der Waals surface area contributed by atoms with Gasteiger partial charge in [0, 0.05) is 0 Å². The van der Waals surface area contributed by atoms with Crippen molar-refractivity contribution >= 4 is 11.6 Å². The molecule has 3 aromatic rings. The minimum absolute atomic E-state index is 0. The topological polar surface area (TPSA) is 0 Å². The maximum atomic E-state index is 2.26. The molecule has 0 aliphatic carbocycles. The minimum atomic E-state index is 0. The highest BCUT2D eigenvalue weighted by Crippen LogP contribution is 2.26. The first-order valence-electron chi connectivity index (χ1n) is 7.63. The van der Waals surface area contributed by atoms with Gasteiger partial charge in [-0.3, -0.25) is 0 Å². The van der Waals surface area contributed by atoms with Gasteiger partial charge in [-0.1, -0.05) is 97.4 Å². The standard InChI is InChI=1S/C22H20.CH4/c1-17-8-12-19(13-9-17)16-22(20-6-4-3-5-7-20)21-14-10-18(2)11-15-21;/h3-16H,1-2H3;1H4/b22-16+;. The van der Waals surface area contributed by atoms with Crippen molar-refractivity contribution in [2.45, 2.75) is 21.3 Å². The van der Waals surface area contributed by atoms with Crippen molar-refractivity contribution in [3.05, 3.63) is 107 Å². The lowest BCUT2D eigenvalue weighted by Gasteiger charge is -2.10. The summed E-state index contributed by atoms with van der Waals surface area (Å²) in [6, 6.07) is 28.0. The zero-order valence-electron chi connectivity index (χ0n) is 13.1. The molecule has 3 rings (SSSR count). The highest BCUT2D eigenvalue weighted by Gasteiger charge is 2.05. The van der Waals surface area contributed by atoms with Crippen LogP contribution in [-0.2, 0) is 0 Å². The summed E-state index contributed by atoms with van der Waals surface area (Å²) < 4.78 is 0. The average Bonchev–Trinajstić information content (AvgIpc) is 2.56. The summed E-state index contributed by atoms with van der Waals surface area (Å²) in [5, 5.41) is 0. The molecule has 0 heteroatoms. The van der Waals surface area contributed by atoms with Crippen LogP contribution in [0.5, 0.6) is 0 Å². The van der Waals surface area contributed by atoms with Crippen molar-refractivity contribution in [3.8, 4) is 0 Å². The molecule has 116 valence electrons. The predicted octanol–water partition coefficient (Wildman–Crippen LogP) is 6.53. The van der Waals surface area contributed by atoms with Crippen LogP contribution in [-0.4, -0.2) is 0 Å². The van der Waals surface area contributed by atoms with Gasteiger partial charge in [-0.05, 0) is 42.2 Å². The fourth-order valence-corrected chi connectivity index (χ4v) is 2.51. The summed E-state index contributed by atoms with van der Waals surface area (Å²) in [6.07, 6.45) is 2.26. The molecule has 0 fully saturated rings. The zero-order chi connectivity index (χ0) is 15.4. The molecule has 0 aliphatic rings. The number of hydrogen-bond acceptors (Lipinski definition) is 0.